The van der Waals surface area contributed by atoms with Crippen molar-refractivity contribution in [3.05, 3.63) is 75.0 Å². The Morgan fingerprint density at radius 1 is 1.10 bits per heavy atom. The topological polar surface area (TPSA) is 47.0 Å². The van der Waals surface area contributed by atoms with E-state index in [1.807, 2.05) is 26.0 Å². The molecule has 1 heterocycles. The van der Waals surface area contributed by atoms with Crippen molar-refractivity contribution in [1.82, 2.24) is 9.97 Å². The van der Waals surface area contributed by atoms with Crippen LogP contribution in [0.3, 0.4) is 0 Å². The third-order valence-electron chi connectivity index (χ3n) is 5.52. The molecule has 0 radical (unpaired) electrons. The summed E-state index contributed by atoms with van der Waals surface area (Å²) in [5, 5.41) is 4.80. The zero-order chi connectivity index (χ0) is 21.3. The standard InChI is InChI=1S/C24H25Cl2N3O/c1-4-20-22(18-11-10-16(25)13-19(18)26)27-14(3)24(28-20)29-23-17-9-7-6-8-15(17)12-21(23)30-5-2/h6-11,13,21,23H,4-5,12H2,1-3H3,(H,28,29). The molecule has 0 spiro atoms. The molecule has 1 N–H and O–H groups in total. The molecule has 0 aliphatic heterocycles. The van der Waals surface area contributed by atoms with Crippen LogP contribution in [-0.4, -0.2) is 22.7 Å². The van der Waals surface area contributed by atoms with E-state index in [2.05, 4.69) is 36.5 Å². The smallest absolute Gasteiger partial charge is 0.148 e. The lowest BCUT2D eigenvalue weighted by Gasteiger charge is -2.24. The number of rotatable bonds is 6. The lowest BCUT2D eigenvalue weighted by Crippen LogP contribution is -2.26. The molecule has 156 valence electrons. The number of fused-ring (bicyclic) bond motifs is 1. The molecule has 4 rings (SSSR count). The predicted molar refractivity (Wildman–Crippen MR) is 124 cm³/mol. The van der Waals surface area contributed by atoms with Crippen molar-refractivity contribution in [3.8, 4) is 11.3 Å². The van der Waals surface area contributed by atoms with Crippen molar-refractivity contribution < 1.29 is 4.74 Å². The summed E-state index contributed by atoms with van der Waals surface area (Å²) in [5.41, 5.74) is 5.95. The van der Waals surface area contributed by atoms with E-state index >= 15 is 0 Å². The van der Waals surface area contributed by atoms with Crippen LogP contribution in [-0.2, 0) is 17.6 Å². The van der Waals surface area contributed by atoms with Crippen LogP contribution >= 0.6 is 23.2 Å². The van der Waals surface area contributed by atoms with Crippen molar-refractivity contribution in [2.45, 2.75) is 45.8 Å². The summed E-state index contributed by atoms with van der Waals surface area (Å²) in [6, 6.07) is 14.0. The number of hydrogen-bond donors (Lipinski definition) is 1. The maximum atomic E-state index is 6.45. The lowest BCUT2D eigenvalue weighted by atomic mass is 10.1. The van der Waals surface area contributed by atoms with Gasteiger partial charge in [-0.05, 0) is 49.6 Å². The number of halogens is 2. The van der Waals surface area contributed by atoms with E-state index in [4.69, 9.17) is 37.9 Å². The summed E-state index contributed by atoms with van der Waals surface area (Å²) >= 11 is 12.5. The molecule has 1 aromatic heterocycles. The van der Waals surface area contributed by atoms with Crippen molar-refractivity contribution in [3.63, 3.8) is 0 Å². The third-order valence-corrected chi connectivity index (χ3v) is 6.07. The van der Waals surface area contributed by atoms with Gasteiger partial charge in [-0.2, -0.15) is 0 Å². The highest BCUT2D eigenvalue weighted by Crippen LogP contribution is 2.37. The Labute approximate surface area is 187 Å². The van der Waals surface area contributed by atoms with Gasteiger partial charge in [-0.25, -0.2) is 9.97 Å². The molecule has 1 aliphatic carbocycles. The van der Waals surface area contributed by atoms with Crippen LogP contribution in [0.5, 0.6) is 0 Å². The van der Waals surface area contributed by atoms with Crippen LogP contribution in [0.1, 0.15) is 42.4 Å². The fraction of sp³-hybridized carbons (Fsp3) is 0.333. The van der Waals surface area contributed by atoms with E-state index < -0.39 is 0 Å². The molecule has 0 amide bonds. The highest BCUT2D eigenvalue weighted by atomic mass is 35.5. The second kappa shape index (κ2) is 8.93. The van der Waals surface area contributed by atoms with E-state index in [1.165, 1.54) is 11.1 Å². The zero-order valence-electron chi connectivity index (χ0n) is 17.4. The van der Waals surface area contributed by atoms with Crippen LogP contribution in [0.2, 0.25) is 10.0 Å². The third kappa shape index (κ3) is 4.04. The molecule has 0 saturated carbocycles. The first kappa shape index (κ1) is 21.1. The molecule has 1 aliphatic rings. The molecule has 0 bridgehead atoms. The van der Waals surface area contributed by atoms with Gasteiger partial charge in [-0.15, -0.1) is 0 Å². The first-order valence-corrected chi connectivity index (χ1v) is 11.1. The molecular weight excluding hydrogens is 417 g/mol. The Balaban J connectivity index is 1.71. The van der Waals surface area contributed by atoms with E-state index in [9.17, 15) is 0 Å². The average molecular weight is 442 g/mol. The first-order valence-electron chi connectivity index (χ1n) is 10.3. The van der Waals surface area contributed by atoms with Gasteiger partial charge in [0, 0.05) is 23.6 Å². The number of hydrogen-bond acceptors (Lipinski definition) is 4. The quantitative estimate of drug-likeness (QED) is 0.478. The summed E-state index contributed by atoms with van der Waals surface area (Å²) in [7, 11) is 0. The van der Waals surface area contributed by atoms with Gasteiger partial charge in [0.25, 0.3) is 0 Å². The van der Waals surface area contributed by atoms with Crippen molar-refractivity contribution in [2.75, 3.05) is 11.9 Å². The second-order valence-corrected chi connectivity index (χ2v) is 8.29. The van der Waals surface area contributed by atoms with Crippen molar-refractivity contribution in [1.29, 1.82) is 0 Å². The molecule has 0 fully saturated rings. The van der Waals surface area contributed by atoms with Crippen LogP contribution in [0, 0.1) is 6.92 Å². The Morgan fingerprint density at radius 2 is 1.90 bits per heavy atom. The lowest BCUT2D eigenvalue weighted by molar-refractivity contribution is 0.0573. The summed E-state index contributed by atoms with van der Waals surface area (Å²) in [6.45, 7) is 6.75. The summed E-state index contributed by atoms with van der Waals surface area (Å²) in [4.78, 5) is 9.82. The Kier molecular flexibility index (Phi) is 6.28. The molecule has 3 aromatic rings. The van der Waals surface area contributed by atoms with Crippen molar-refractivity contribution >= 4 is 29.0 Å². The minimum Gasteiger partial charge on any atom is -0.376 e. The van der Waals surface area contributed by atoms with Gasteiger partial charge >= 0.3 is 0 Å². The van der Waals surface area contributed by atoms with E-state index in [1.54, 1.807) is 6.07 Å². The van der Waals surface area contributed by atoms with Gasteiger partial charge in [0.1, 0.15) is 5.82 Å². The number of nitrogens with zero attached hydrogens (tertiary/aromatic N) is 2. The minimum absolute atomic E-state index is 0.0452. The Hall–Kier alpha value is -2.14. The maximum absolute atomic E-state index is 6.45. The van der Waals surface area contributed by atoms with E-state index in [-0.39, 0.29) is 12.1 Å². The fourth-order valence-corrected chi connectivity index (χ4v) is 4.58. The molecule has 2 unspecified atom stereocenters. The van der Waals surface area contributed by atoms with Crippen LogP contribution in [0.15, 0.2) is 42.5 Å². The highest BCUT2D eigenvalue weighted by molar-refractivity contribution is 6.36. The second-order valence-electron chi connectivity index (χ2n) is 7.45. The normalized spacial score (nSPS) is 17.8. The van der Waals surface area contributed by atoms with Gasteiger partial charge in [-0.3, -0.25) is 0 Å². The minimum atomic E-state index is 0.0452. The van der Waals surface area contributed by atoms with Gasteiger partial charge < -0.3 is 10.1 Å². The highest BCUT2D eigenvalue weighted by Gasteiger charge is 2.33. The summed E-state index contributed by atoms with van der Waals surface area (Å²) in [5.74, 6) is 0.784. The monoisotopic (exact) mass is 441 g/mol. The molecule has 30 heavy (non-hydrogen) atoms. The Bertz CT molecular complexity index is 1070. The van der Waals surface area contributed by atoms with Crippen LogP contribution in [0.25, 0.3) is 11.3 Å². The van der Waals surface area contributed by atoms with Gasteiger partial charge in [0.15, 0.2) is 0 Å². The summed E-state index contributed by atoms with van der Waals surface area (Å²) in [6.07, 6.45) is 1.71. The Morgan fingerprint density at radius 3 is 2.63 bits per heavy atom. The number of aryl methyl sites for hydroxylation is 2. The molecular formula is C24H25Cl2N3O. The summed E-state index contributed by atoms with van der Waals surface area (Å²) < 4.78 is 6.05. The van der Waals surface area contributed by atoms with Gasteiger partial charge in [-0.1, -0.05) is 54.4 Å². The van der Waals surface area contributed by atoms with Gasteiger partial charge in [0.2, 0.25) is 0 Å². The molecule has 2 aromatic carbocycles. The molecule has 2 atom stereocenters. The van der Waals surface area contributed by atoms with Gasteiger partial charge in [0.05, 0.1) is 34.3 Å². The van der Waals surface area contributed by atoms with E-state index in [0.29, 0.717) is 16.7 Å². The fourth-order valence-electron chi connectivity index (χ4n) is 4.08. The maximum Gasteiger partial charge on any atom is 0.148 e. The zero-order valence-corrected chi connectivity index (χ0v) is 18.9. The average Bonchev–Trinajstić information content (AvgIpc) is 3.07. The molecule has 4 nitrogen and oxygen atoms in total. The van der Waals surface area contributed by atoms with Crippen LogP contribution in [0.4, 0.5) is 5.82 Å². The number of aromatic nitrogens is 2. The van der Waals surface area contributed by atoms with E-state index in [0.717, 1.165) is 41.3 Å². The SMILES string of the molecule is CCOC1Cc2ccccc2C1Nc1nc(CC)c(-c2ccc(Cl)cc2Cl)nc1C. The predicted octanol–water partition coefficient (Wildman–Crippen LogP) is 6.44. The molecule has 0 saturated heterocycles. The number of benzene rings is 2. The number of anilines is 1. The first-order chi connectivity index (χ1) is 14.5. The number of ether oxygens (including phenoxy) is 1. The largest absolute Gasteiger partial charge is 0.376 e. The van der Waals surface area contributed by atoms with Crippen molar-refractivity contribution in [2.24, 2.45) is 0 Å². The molecule has 6 heteroatoms. The van der Waals surface area contributed by atoms with Crippen LogP contribution < -0.4 is 5.32 Å². The number of nitrogens with one attached hydrogen (secondary N) is 1.